The van der Waals surface area contributed by atoms with E-state index in [-0.39, 0.29) is 35.2 Å². The van der Waals surface area contributed by atoms with Crippen LogP contribution in [0.15, 0.2) is 25.3 Å². The molecule has 40 heavy (non-hydrogen) atoms. The fraction of sp³-hybridized carbons (Fsp3) is 0.774. The van der Waals surface area contributed by atoms with E-state index < -0.39 is 29.6 Å². The van der Waals surface area contributed by atoms with Gasteiger partial charge in [-0.05, 0) is 38.5 Å². The first kappa shape index (κ1) is 31.2. The Balaban J connectivity index is 1.70. The zero-order valence-electron chi connectivity index (χ0n) is 24.1. The van der Waals surface area contributed by atoms with Crippen molar-refractivity contribution in [3.63, 3.8) is 0 Å². The smallest absolute Gasteiger partial charge is 0.248 e. The lowest BCUT2D eigenvalue weighted by Crippen LogP contribution is -2.59. The Kier molecular flexibility index (Phi) is 10.9. The zero-order chi connectivity index (χ0) is 28.9. The van der Waals surface area contributed by atoms with Crippen LogP contribution in [0.25, 0.3) is 0 Å². The van der Waals surface area contributed by atoms with Crippen molar-refractivity contribution < 1.29 is 24.2 Å². The highest BCUT2D eigenvalue weighted by Crippen LogP contribution is 2.60. The Morgan fingerprint density at radius 1 is 1.10 bits per heavy atom. The number of aliphatic hydroxyl groups excluding tert-OH is 1. The van der Waals surface area contributed by atoms with Crippen molar-refractivity contribution in [2.75, 3.05) is 32.8 Å². The molecule has 1 saturated carbocycles. The van der Waals surface area contributed by atoms with E-state index in [0.717, 1.165) is 57.8 Å². The SMILES string of the molecule is C=CCN(CCC)C(=O)[C@H]1[C@H]2C(=O)N(CCCCCCO)C(C(=O)N(CC=C)C3CCCCC3)C23CC(Br)[C@@H]1O3. The maximum absolute atomic E-state index is 14.6. The molecular formula is C31H48BrN3O5. The Hall–Kier alpha value is -1.71. The average molecular weight is 623 g/mol. The monoisotopic (exact) mass is 621 g/mol. The van der Waals surface area contributed by atoms with Gasteiger partial charge in [-0.3, -0.25) is 14.4 Å². The summed E-state index contributed by atoms with van der Waals surface area (Å²) in [5, 5.41) is 9.19. The number of alkyl halides is 1. The van der Waals surface area contributed by atoms with Crippen molar-refractivity contribution in [1.82, 2.24) is 14.7 Å². The van der Waals surface area contributed by atoms with Gasteiger partial charge in [0.2, 0.25) is 17.7 Å². The fourth-order valence-corrected chi connectivity index (χ4v) is 8.66. The number of hydrogen-bond acceptors (Lipinski definition) is 5. The molecule has 4 aliphatic rings. The summed E-state index contributed by atoms with van der Waals surface area (Å²) < 4.78 is 6.74. The molecule has 0 aromatic carbocycles. The van der Waals surface area contributed by atoms with E-state index in [4.69, 9.17) is 4.74 Å². The van der Waals surface area contributed by atoms with Crippen molar-refractivity contribution in [1.29, 1.82) is 0 Å². The minimum absolute atomic E-state index is 0.0667. The van der Waals surface area contributed by atoms with Crippen molar-refractivity contribution in [3.8, 4) is 0 Å². The molecule has 3 unspecified atom stereocenters. The van der Waals surface area contributed by atoms with Crippen LogP contribution in [-0.2, 0) is 19.1 Å². The van der Waals surface area contributed by atoms with E-state index in [1.807, 2.05) is 11.8 Å². The second kappa shape index (κ2) is 14.0. The number of carbonyl (C=O) groups excluding carboxylic acids is 3. The van der Waals surface area contributed by atoms with Crippen LogP contribution >= 0.6 is 15.9 Å². The number of aliphatic hydroxyl groups is 1. The van der Waals surface area contributed by atoms with Crippen LogP contribution in [0.3, 0.4) is 0 Å². The standard InChI is InChI=1S/C31H48BrN3O5/c1-4-16-33(17-5-2)28(37)24-25-29(38)35(19-12-7-8-13-20-36)27(31(25)21-23(32)26(24)40-31)30(39)34(18-6-3)22-14-10-9-11-15-22/h4,6,22-27,36H,1,3,5,7-21H2,2H3/t23?,24-,25-,26-,27?,31?/m0/s1. The van der Waals surface area contributed by atoms with Crippen LogP contribution in [0.1, 0.15) is 77.6 Å². The minimum atomic E-state index is -1.03. The van der Waals surface area contributed by atoms with Crippen LogP contribution in [0.2, 0.25) is 0 Å². The Bertz CT molecular complexity index is 940. The van der Waals surface area contributed by atoms with E-state index in [9.17, 15) is 19.5 Å². The maximum Gasteiger partial charge on any atom is 0.248 e. The van der Waals surface area contributed by atoms with Gasteiger partial charge in [-0.1, -0.05) is 67.1 Å². The van der Waals surface area contributed by atoms with E-state index in [1.165, 1.54) is 6.42 Å². The van der Waals surface area contributed by atoms with Crippen molar-refractivity contribution in [2.24, 2.45) is 11.8 Å². The van der Waals surface area contributed by atoms with Gasteiger partial charge >= 0.3 is 0 Å². The third-order valence-corrected chi connectivity index (χ3v) is 10.2. The summed E-state index contributed by atoms with van der Waals surface area (Å²) in [6, 6.07) is -0.633. The topological polar surface area (TPSA) is 90.4 Å². The molecule has 3 aliphatic heterocycles. The van der Waals surface area contributed by atoms with Gasteiger partial charge in [0.15, 0.2) is 0 Å². The van der Waals surface area contributed by atoms with E-state index in [2.05, 4.69) is 29.1 Å². The molecule has 3 saturated heterocycles. The molecule has 8 nitrogen and oxygen atoms in total. The van der Waals surface area contributed by atoms with Crippen molar-refractivity contribution in [2.45, 2.75) is 106 Å². The molecular weight excluding hydrogens is 574 g/mol. The summed E-state index contributed by atoms with van der Waals surface area (Å²) in [5.74, 6) is -1.58. The van der Waals surface area contributed by atoms with Crippen LogP contribution < -0.4 is 0 Å². The van der Waals surface area contributed by atoms with E-state index in [1.54, 1.807) is 22.0 Å². The number of nitrogens with zero attached hydrogens (tertiary/aromatic N) is 3. The van der Waals surface area contributed by atoms with Gasteiger partial charge in [0.05, 0.1) is 17.9 Å². The van der Waals surface area contributed by atoms with Crippen LogP contribution in [0.4, 0.5) is 0 Å². The number of fused-ring (bicyclic) bond motifs is 1. The fourth-order valence-electron chi connectivity index (χ4n) is 7.71. The number of likely N-dealkylation sites (tertiary alicyclic amines) is 1. The predicted octanol–water partition coefficient (Wildman–Crippen LogP) is 4.06. The molecule has 6 atom stereocenters. The number of unbranched alkanes of at least 4 members (excludes halogenated alkanes) is 3. The Morgan fingerprint density at radius 2 is 1.80 bits per heavy atom. The molecule has 2 bridgehead atoms. The van der Waals surface area contributed by atoms with Crippen molar-refractivity contribution in [3.05, 3.63) is 25.3 Å². The Morgan fingerprint density at radius 3 is 2.45 bits per heavy atom. The average Bonchev–Trinajstić information content (AvgIpc) is 3.54. The second-order valence-electron chi connectivity index (χ2n) is 12.0. The summed E-state index contributed by atoms with van der Waals surface area (Å²) in [6.45, 7) is 11.8. The molecule has 0 aromatic heterocycles. The first-order valence-electron chi connectivity index (χ1n) is 15.4. The van der Waals surface area contributed by atoms with Gasteiger partial charge in [-0.2, -0.15) is 0 Å². The van der Waals surface area contributed by atoms with E-state index >= 15 is 0 Å². The van der Waals surface area contributed by atoms with Crippen molar-refractivity contribution >= 4 is 33.7 Å². The highest BCUT2D eigenvalue weighted by atomic mass is 79.9. The first-order chi connectivity index (χ1) is 19.4. The van der Waals surface area contributed by atoms with Gasteiger partial charge in [-0.15, -0.1) is 13.2 Å². The van der Waals surface area contributed by atoms with Crippen LogP contribution in [0, 0.1) is 11.8 Å². The summed E-state index contributed by atoms with van der Waals surface area (Å²) in [4.78, 5) is 48.3. The third kappa shape index (κ3) is 5.80. The molecule has 1 N–H and O–H groups in total. The van der Waals surface area contributed by atoms with Gasteiger partial charge < -0.3 is 24.5 Å². The summed E-state index contributed by atoms with van der Waals surface area (Å²) in [5.41, 5.74) is -1.03. The van der Waals surface area contributed by atoms with Gasteiger partial charge in [-0.25, -0.2) is 0 Å². The van der Waals surface area contributed by atoms with Gasteiger partial charge in [0.25, 0.3) is 0 Å². The van der Waals surface area contributed by atoms with E-state index in [0.29, 0.717) is 32.6 Å². The third-order valence-electron chi connectivity index (χ3n) is 9.39. The molecule has 4 fully saturated rings. The second-order valence-corrected chi connectivity index (χ2v) is 13.2. The number of halogens is 1. The molecule has 0 radical (unpaired) electrons. The molecule has 9 heteroatoms. The minimum Gasteiger partial charge on any atom is -0.396 e. The molecule has 3 amide bonds. The largest absolute Gasteiger partial charge is 0.396 e. The molecule has 1 spiro atoms. The lowest BCUT2D eigenvalue weighted by atomic mass is 9.70. The Labute approximate surface area is 248 Å². The van der Waals surface area contributed by atoms with Crippen LogP contribution in [-0.4, -0.2) is 98.9 Å². The quantitative estimate of drug-likeness (QED) is 0.169. The number of ether oxygens (including phenoxy) is 1. The first-order valence-corrected chi connectivity index (χ1v) is 16.3. The normalized spacial score (nSPS) is 31.3. The zero-order valence-corrected chi connectivity index (χ0v) is 25.7. The summed E-state index contributed by atoms with van der Waals surface area (Å²) >= 11 is 3.79. The lowest BCUT2D eigenvalue weighted by Gasteiger charge is -2.41. The van der Waals surface area contributed by atoms with Gasteiger partial charge in [0.1, 0.15) is 11.6 Å². The lowest BCUT2D eigenvalue weighted by molar-refractivity contribution is -0.150. The highest BCUT2D eigenvalue weighted by molar-refractivity contribution is 9.09. The number of rotatable bonds is 15. The summed E-state index contributed by atoms with van der Waals surface area (Å²) in [6.07, 6.45) is 12.8. The maximum atomic E-state index is 14.6. The molecule has 1 aliphatic carbocycles. The number of hydrogen-bond donors (Lipinski definition) is 1. The molecule has 4 rings (SSSR count). The molecule has 224 valence electrons. The number of carbonyl (C=O) groups is 3. The number of amides is 3. The highest BCUT2D eigenvalue weighted by Gasteiger charge is 2.76. The molecule has 3 heterocycles. The predicted molar refractivity (Wildman–Crippen MR) is 159 cm³/mol. The van der Waals surface area contributed by atoms with Crippen LogP contribution in [0.5, 0.6) is 0 Å². The molecule has 0 aromatic rings. The van der Waals surface area contributed by atoms with Gasteiger partial charge in [0, 0.05) is 43.7 Å². The summed E-state index contributed by atoms with van der Waals surface area (Å²) in [7, 11) is 0.